The largest absolute Gasteiger partial charge is 0.449 e. The SMILES string of the molecule is CC(C)(C)C(=O)OC1(CCCS)c2ccccc2C(=O)c2ccccc21. The van der Waals surface area contributed by atoms with E-state index in [9.17, 15) is 9.59 Å². The van der Waals surface area contributed by atoms with Gasteiger partial charge < -0.3 is 4.74 Å². The first kappa shape index (κ1) is 18.7. The van der Waals surface area contributed by atoms with Crippen LogP contribution >= 0.6 is 12.6 Å². The van der Waals surface area contributed by atoms with Crippen LogP contribution in [0.5, 0.6) is 0 Å². The number of ketones is 1. The summed E-state index contributed by atoms with van der Waals surface area (Å²) < 4.78 is 6.22. The summed E-state index contributed by atoms with van der Waals surface area (Å²) in [5.74, 6) is 0.368. The lowest BCUT2D eigenvalue weighted by atomic mass is 9.71. The van der Waals surface area contributed by atoms with Crippen LogP contribution in [0.2, 0.25) is 0 Å². The average molecular weight is 368 g/mol. The number of benzene rings is 2. The molecule has 3 nitrogen and oxygen atoms in total. The second kappa shape index (κ2) is 6.92. The fraction of sp³-hybridized carbons (Fsp3) is 0.364. The molecule has 136 valence electrons. The lowest BCUT2D eigenvalue weighted by Crippen LogP contribution is -2.42. The predicted octanol–water partition coefficient (Wildman–Crippen LogP) is 4.77. The maximum atomic E-state index is 13.0. The lowest BCUT2D eigenvalue weighted by molar-refractivity contribution is -0.167. The second-order valence-corrected chi connectivity index (χ2v) is 8.16. The molecule has 0 atom stereocenters. The molecule has 0 saturated heterocycles. The van der Waals surface area contributed by atoms with Gasteiger partial charge >= 0.3 is 5.97 Å². The molecule has 3 rings (SSSR count). The second-order valence-electron chi connectivity index (χ2n) is 7.71. The van der Waals surface area contributed by atoms with Crippen molar-refractivity contribution in [2.45, 2.75) is 39.2 Å². The molecule has 0 heterocycles. The summed E-state index contributed by atoms with van der Waals surface area (Å²) in [6, 6.07) is 14.9. The molecule has 0 unspecified atom stereocenters. The Balaban J connectivity index is 2.27. The Morgan fingerprint density at radius 3 is 1.96 bits per heavy atom. The van der Waals surface area contributed by atoms with Crippen molar-refractivity contribution < 1.29 is 14.3 Å². The van der Waals surface area contributed by atoms with Crippen molar-refractivity contribution >= 4 is 24.4 Å². The molecule has 2 aromatic carbocycles. The van der Waals surface area contributed by atoms with Crippen LogP contribution in [0, 0.1) is 5.41 Å². The van der Waals surface area contributed by atoms with Gasteiger partial charge in [0, 0.05) is 22.3 Å². The van der Waals surface area contributed by atoms with Gasteiger partial charge in [0.15, 0.2) is 11.4 Å². The van der Waals surface area contributed by atoms with Gasteiger partial charge in [0.1, 0.15) is 0 Å². The van der Waals surface area contributed by atoms with Crippen molar-refractivity contribution in [3.05, 3.63) is 70.8 Å². The zero-order valence-electron chi connectivity index (χ0n) is 15.4. The standard InChI is InChI=1S/C22H24O3S/c1-21(2,3)20(24)25-22(13-8-14-26)17-11-6-4-9-15(17)19(23)16-10-5-7-12-18(16)22/h4-7,9-12,26H,8,13-14H2,1-3H3. The first-order valence-electron chi connectivity index (χ1n) is 8.89. The third kappa shape index (κ3) is 3.07. The van der Waals surface area contributed by atoms with Crippen LogP contribution in [-0.4, -0.2) is 17.5 Å². The topological polar surface area (TPSA) is 43.4 Å². The highest BCUT2D eigenvalue weighted by Crippen LogP contribution is 2.46. The maximum Gasteiger partial charge on any atom is 0.312 e. The molecule has 26 heavy (non-hydrogen) atoms. The fourth-order valence-corrected chi connectivity index (χ4v) is 3.58. The van der Waals surface area contributed by atoms with E-state index in [0.717, 1.165) is 17.5 Å². The summed E-state index contributed by atoms with van der Waals surface area (Å²) in [7, 11) is 0. The third-order valence-electron chi connectivity index (χ3n) is 4.78. The van der Waals surface area contributed by atoms with Gasteiger partial charge in [-0.3, -0.25) is 9.59 Å². The molecule has 0 N–H and O–H groups in total. The first-order valence-corrected chi connectivity index (χ1v) is 9.52. The molecule has 1 aliphatic rings. The lowest BCUT2D eigenvalue weighted by Gasteiger charge is -2.41. The maximum absolute atomic E-state index is 13.0. The van der Waals surface area contributed by atoms with E-state index in [1.54, 1.807) is 0 Å². The van der Waals surface area contributed by atoms with Gasteiger partial charge in [0.2, 0.25) is 0 Å². The molecule has 2 aromatic rings. The molecule has 0 radical (unpaired) electrons. The number of esters is 1. The summed E-state index contributed by atoms with van der Waals surface area (Å²) in [4.78, 5) is 25.9. The van der Waals surface area contributed by atoms with Gasteiger partial charge in [0.05, 0.1) is 5.41 Å². The number of carbonyl (C=O) groups excluding carboxylic acids is 2. The van der Waals surface area contributed by atoms with E-state index in [0.29, 0.717) is 23.3 Å². The normalized spacial score (nSPS) is 15.2. The molecule has 4 heteroatoms. The van der Waals surface area contributed by atoms with Gasteiger partial charge in [-0.25, -0.2) is 0 Å². The Kier molecular flexibility index (Phi) is 4.98. The molecular formula is C22H24O3S. The van der Waals surface area contributed by atoms with Gasteiger partial charge in [-0.15, -0.1) is 0 Å². The molecule has 0 aliphatic heterocycles. The van der Waals surface area contributed by atoms with Crippen LogP contribution < -0.4 is 0 Å². The van der Waals surface area contributed by atoms with Crippen LogP contribution in [0.4, 0.5) is 0 Å². The Hall–Kier alpha value is -2.07. The minimum atomic E-state index is -0.964. The number of thiol groups is 1. The zero-order valence-corrected chi connectivity index (χ0v) is 16.3. The van der Waals surface area contributed by atoms with Gasteiger partial charge in [-0.05, 0) is 39.4 Å². The number of fused-ring (bicyclic) bond motifs is 2. The minimum Gasteiger partial charge on any atom is -0.449 e. The molecule has 1 aliphatic carbocycles. The van der Waals surface area contributed by atoms with E-state index < -0.39 is 11.0 Å². The summed E-state index contributed by atoms with van der Waals surface area (Å²) >= 11 is 4.36. The van der Waals surface area contributed by atoms with Crippen LogP contribution in [0.25, 0.3) is 0 Å². The summed E-state index contributed by atoms with van der Waals surface area (Å²) in [5, 5.41) is 0. The fourth-order valence-electron chi connectivity index (χ4n) is 3.43. The Morgan fingerprint density at radius 1 is 1.00 bits per heavy atom. The smallest absolute Gasteiger partial charge is 0.312 e. The van der Waals surface area contributed by atoms with Gasteiger partial charge in [-0.1, -0.05) is 48.5 Å². The Bertz CT molecular complexity index is 799. The van der Waals surface area contributed by atoms with Crippen LogP contribution in [0.3, 0.4) is 0 Å². The van der Waals surface area contributed by atoms with Gasteiger partial charge in [-0.2, -0.15) is 12.6 Å². The zero-order chi connectivity index (χ0) is 18.9. The number of carbonyl (C=O) groups is 2. The highest BCUT2D eigenvalue weighted by molar-refractivity contribution is 7.80. The van der Waals surface area contributed by atoms with E-state index in [2.05, 4.69) is 12.6 Å². The van der Waals surface area contributed by atoms with Crippen molar-refractivity contribution in [2.75, 3.05) is 5.75 Å². The molecule has 0 saturated carbocycles. The van der Waals surface area contributed by atoms with E-state index in [-0.39, 0.29) is 11.8 Å². The Morgan fingerprint density at radius 2 is 1.50 bits per heavy atom. The molecule has 0 fully saturated rings. The summed E-state index contributed by atoms with van der Waals surface area (Å²) in [6.07, 6.45) is 1.34. The van der Waals surface area contributed by atoms with Crippen molar-refractivity contribution in [1.29, 1.82) is 0 Å². The van der Waals surface area contributed by atoms with Crippen molar-refractivity contribution in [1.82, 2.24) is 0 Å². The number of hydrogen-bond donors (Lipinski definition) is 1. The summed E-state index contributed by atoms with van der Waals surface area (Å²) in [5.41, 5.74) is 1.14. The van der Waals surface area contributed by atoms with E-state index in [1.807, 2.05) is 69.3 Å². The molecule has 0 bridgehead atoms. The van der Waals surface area contributed by atoms with E-state index in [4.69, 9.17) is 4.74 Å². The van der Waals surface area contributed by atoms with E-state index >= 15 is 0 Å². The number of rotatable bonds is 4. The first-order chi connectivity index (χ1) is 12.3. The minimum absolute atomic E-state index is 0.0236. The van der Waals surface area contributed by atoms with Crippen molar-refractivity contribution in [3.8, 4) is 0 Å². The van der Waals surface area contributed by atoms with Crippen molar-refractivity contribution in [3.63, 3.8) is 0 Å². The predicted molar refractivity (Wildman–Crippen MR) is 106 cm³/mol. The highest BCUT2D eigenvalue weighted by Gasteiger charge is 2.47. The van der Waals surface area contributed by atoms with E-state index in [1.165, 1.54) is 0 Å². The number of ether oxygens (including phenoxy) is 1. The van der Waals surface area contributed by atoms with Gasteiger partial charge in [0.25, 0.3) is 0 Å². The van der Waals surface area contributed by atoms with Crippen LogP contribution in [-0.2, 0) is 15.1 Å². The molecular weight excluding hydrogens is 344 g/mol. The molecule has 0 amide bonds. The van der Waals surface area contributed by atoms with Crippen molar-refractivity contribution in [2.24, 2.45) is 5.41 Å². The van der Waals surface area contributed by atoms with Crippen LogP contribution in [0.1, 0.15) is 60.7 Å². The Labute approximate surface area is 160 Å². The molecule has 0 spiro atoms. The third-order valence-corrected chi connectivity index (χ3v) is 5.10. The molecule has 0 aromatic heterocycles. The highest BCUT2D eigenvalue weighted by atomic mass is 32.1. The number of hydrogen-bond acceptors (Lipinski definition) is 4. The quantitative estimate of drug-likeness (QED) is 0.624. The monoisotopic (exact) mass is 368 g/mol. The van der Waals surface area contributed by atoms with Crippen LogP contribution in [0.15, 0.2) is 48.5 Å². The summed E-state index contributed by atoms with van der Waals surface area (Å²) in [6.45, 7) is 5.52. The average Bonchev–Trinajstić information content (AvgIpc) is 2.63.